The van der Waals surface area contributed by atoms with Gasteiger partial charge in [-0.2, -0.15) is 0 Å². The fourth-order valence-corrected chi connectivity index (χ4v) is 1.72. The molecule has 0 amide bonds. The highest BCUT2D eigenvalue weighted by Crippen LogP contribution is 2.15. The Kier molecular flexibility index (Phi) is 6.63. The van der Waals surface area contributed by atoms with Crippen LogP contribution in [0.5, 0.6) is 5.88 Å². The van der Waals surface area contributed by atoms with Gasteiger partial charge in [-0.3, -0.25) is 0 Å². The molecule has 0 aromatic carbocycles. The molecule has 1 heterocycles. The first-order valence-corrected chi connectivity index (χ1v) is 6.57. The van der Waals surface area contributed by atoms with Gasteiger partial charge in [0.25, 0.3) is 0 Å². The summed E-state index contributed by atoms with van der Waals surface area (Å²) in [5.41, 5.74) is 6.56. The van der Waals surface area contributed by atoms with Crippen LogP contribution in [0.2, 0.25) is 0 Å². The van der Waals surface area contributed by atoms with Gasteiger partial charge in [-0.05, 0) is 17.9 Å². The van der Waals surface area contributed by atoms with E-state index >= 15 is 0 Å². The van der Waals surface area contributed by atoms with Crippen LogP contribution in [0.1, 0.15) is 45.1 Å². The van der Waals surface area contributed by atoms with Crippen LogP contribution >= 0.6 is 0 Å². The first-order valence-electron chi connectivity index (χ1n) is 6.57. The quantitative estimate of drug-likeness (QED) is 0.754. The molecule has 0 saturated carbocycles. The van der Waals surface area contributed by atoms with Gasteiger partial charge < -0.3 is 10.5 Å². The Morgan fingerprint density at radius 1 is 1.35 bits per heavy atom. The molecule has 0 aliphatic carbocycles. The third-order valence-electron chi connectivity index (χ3n) is 3.04. The number of hydrogen-bond donors (Lipinski definition) is 1. The summed E-state index contributed by atoms with van der Waals surface area (Å²) in [5, 5.41) is 0. The predicted molar refractivity (Wildman–Crippen MR) is 70.9 cm³/mol. The van der Waals surface area contributed by atoms with Crippen LogP contribution in [0.3, 0.4) is 0 Å². The number of aromatic nitrogens is 1. The average Bonchev–Trinajstić information content (AvgIpc) is 2.39. The van der Waals surface area contributed by atoms with Crippen molar-refractivity contribution in [1.82, 2.24) is 4.98 Å². The maximum Gasteiger partial charge on any atom is 0.213 e. The number of ether oxygens (including phenoxy) is 1. The van der Waals surface area contributed by atoms with E-state index in [-0.39, 0.29) is 0 Å². The van der Waals surface area contributed by atoms with Gasteiger partial charge in [0, 0.05) is 18.8 Å². The molecule has 1 atom stereocenters. The summed E-state index contributed by atoms with van der Waals surface area (Å²) >= 11 is 0. The molecular formula is C14H24N2O. The standard InChI is InChI=1S/C14H24N2O/c1-3-5-6-12(4-2)11-17-14-8-7-13(9-15)10-16-14/h7-8,10,12H,3-6,9,11,15H2,1-2H3. The monoisotopic (exact) mass is 236 g/mol. The van der Waals surface area contributed by atoms with Crippen LogP contribution in [-0.4, -0.2) is 11.6 Å². The number of hydrogen-bond acceptors (Lipinski definition) is 3. The van der Waals surface area contributed by atoms with E-state index in [9.17, 15) is 0 Å². The first-order chi connectivity index (χ1) is 8.30. The smallest absolute Gasteiger partial charge is 0.213 e. The molecule has 0 spiro atoms. The van der Waals surface area contributed by atoms with E-state index in [0.29, 0.717) is 18.3 Å². The Labute approximate surface area is 104 Å². The van der Waals surface area contributed by atoms with Gasteiger partial charge in [0.1, 0.15) is 0 Å². The third-order valence-corrected chi connectivity index (χ3v) is 3.04. The molecule has 0 saturated heterocycles. The van der Waals surface area contributed by atoms with Gasteiger partial charge in [-0.15, -0.1) is 0 Å². The minimum Gasteiger partial charge on any atom is -0.477 e. The van der Waals surface area contributed by atoms with Gasteiger partial charge in [0.15, 0.2) is 0 Å². The Bertz CT molecular complexity index is 298. The maximum atomic E-state index is 5.70. The van der Waals surface area contributed by atoms with Crippen molar-refractivity contribution in [2.75, 3.05) is 6.61 Å². The van der Waals surface area contributed by atoms with E-state index in [2.05, 4.69) is 18.8 Å². The van der Waals surface area contributed by atoms with Crippen molar-refractivity contribution in [2.45, 2.75) is 46.1 Å². The Hall–Kier alpha value is -1.09. The molecule has 2 N–H and O–H groups in total. The molecular weight excluding hydrogens is 212 g/mol. The second-order valence-corrected chi connectivity index (χ2v) is 4.44. The Balaban J connectivity index is 2.36. The van der Waals surface area contributed by atoms with Crippen LogP contribution in [0.4, 0.5) is 0 Å². The van der Waals surface area contributed by atoms with Crippen molar-refractivity contribution < 1.29 is 4.74 Å². The van der Waals surface area contributed by atoms with Crippen LogP contribution in [0, 0.1) is 5.92 Å². The predicted octanol–water partition coefficient (Wildman–Crippen LogP) is 3.14. The van der Waals surface area contributed by atoms with Crippen molar-refractivity contribution in [2.24, 2.45) is 11.7 Å². The minimum atomic E-state index is 0.529. The second kappa shape index (κ2) is 8.07. The molecule has 0 bridgehead atoms. The zero-order valence-electron chi connectivity index (χ0n) is 11.0. The topological polar surface area (TPSA) is 48.1 Å². The summed E-state index contributed by atoms with van der Waals surface area (Å²) in [6, 6.07) is 3.87. The number of unbranched alkanes of at least 4 members (excludes halogenated alkanes) is 1. The fourth-order valence-electron chi connectivity index (χ4n) is 1.72. The molecule has 17 heavy (non-hydrogen) atoms. The largest absolute Gasteiger partial charge is 0.477 e. The lowest BCUT2D eigenvalue weighted by molar-refractivity contribution is 0.226. The van der Waals surface area contributed by atoms with Gasteiger partial charge >= 0.3 is 0 Å². The van der Waals surface area contributed by atoms with E-state index in [1.54, 1.807) is 6.20 Å². The van der Waals surface area contributed by atoms with Crippen LogP contribution in [-0.2, 0) is 6.54 Å². The number of rotatable bonds is 8. The van der Waals surface area contributed by atoms with Crippen molar-refractivity contribution in [3.05, 3.63) is 23.9 Å². The second-order valence-electron chi connectivity index (χ2n) is 4.44. The summed E-state index contributed by atoms with van der Waals surface area (Å²) in [4.78, 5) is 4.23. The fraction of sp³-hybridized carbons (Fsp3) is 0.643. The van der Waals surface area contributed by atoms with Gasteiger partial charge in [0.2, 0.25) is 5.88 Å². The molecule has 96 valence electrons. The van der Waals surface area contributed by atoms with Gasteiger partial charge in [-0.1, -0.05) is 39.2 Å². The average molecular weight is 236 g/mol. The van der Waals surface area contributed by atoms with Crippen LogP contribution in [0.15, 0.2) is 18.3 Å². The van der Waals surface area contributed by atoms with E-state index in [0.717, 1.165) is 12.2 Å². The molecule has 0 aliphatic heterocycles. The number of nitrogens with zero attached hydrogens (tertiary/aromatic N) is 1. The molecule has 0 fully saturated rings. The molecule has 1 rings (SSSR count). The highest BCUT2D eigenvalue weighted by molar-refractivity contribution is 5.17. The van der Waals surface area contributed by atoms with E-state index in [1.165, 1.54) is 25.7 Å². The lowest BCUT2D eigenvalue weighted by Crippen LogP contribution is -2.12. The van der Waals surface area contributed by atoms with E-state index in [1.807, 2.05) is 12.1 Å². The highest BCUT2D eigenvalue weighted by atomic mass is 16.5. The number of nitrogens with two attached hydrogens (primary N) is 1. The van der Waals surface area contributed by atoms with E-state index in [4.69, 9.17) is 10.5 Å². The molecule has 1 unspecified atom stereocenters. The van der Waals surface area contributed by atoms with Crippen molar-refractivity contribution in [3.63, 3.8) is 0 Å². The van der Waals surface area contributed by atoms with E-state index < -0.39 is 0 Å². The van der Waals surface area contributed by atoms with Crippen molar-refractivity contribution >= 4 is 0 Å². The molecule has 0 radical (unpaired) electrons. The van der Waals surface area contributed by atoms with Gasteiger partial charge in [0.05, 0.1) is 6.61 Å². The normalized spacial score (nSPS) is 12.4. The van der Waals surface area contributed by atoms with Crippen LogP contribution in [0.25, 0.3) is 0 Å². The summed E-state index contributed by atoms with van der Waals surface area (Å²) in [6.45, 7) is 5.74. The summed E-state index contributed by atoms with van der Waals surface area (Å²) < 4.78 is 5.70. The van der Waals surface area contributed by atoms with Gasteiger partial charge in [-0.25, -0.2) is 4.98 Å². The summed E-state index contributed by atoms with van der Waals surface area (Å²) in [6.07, 6.45) is 6.72. The number of pyridine rings is 1. The minimum absolute atomic E-state index is 0.529. The zero-order chi connectivity index (χ0) is 12.5. The lowest BCUT2D eigenvalue weighted by atomic mass is 10.0. The summed E-state index contributed by atoms with van der Waals surface area (Å²) in [5.74, 6) is 1.35. The Morgan fingerprint density at radius 3 is 2.71 bits per heavy atom. The molecule has 1 aromatic rings. The molecule has 1 aromatic heterocycles. The third kappa shape index (κ3) is 5.18. The molecule has 0 aliphatic rings. The zero-order valence-corrected chi connectivity index (χ0v) is 11.0. The molecule has 3 nitrogen and oxygen atoms in total. The lowest BCUT2D eigenvalue weighted by Gasteiger charge is -2.14. The summed E-state index contributed by atoms with van der Waals surface area (Å²) in [7, 11) is 0. The Morgan fingerprint density at radius 2 is 2.18 bits per heavy atom. The van der Waals surface area contributed by atoms with Crippen LogP contribution < -0.4 is 10.5 Å². The first kappa shape index (κ1) is 14.0. The molecule has 3 heteroatoms. The van der Waals surface area contributed by atoms with Crippen molar-refractivity contribution in [1.29, 1.82) is 0 Å². The maximum absolute atomic E-state index is 5.70. The highest BCUT2D eigenvalue weighted by Gasteiger charge is 2.07. The SMILES string of the molecule is CCCCC(CC)COc1ccc(CN)cn1. The van der Waals surface area contributed by atoms with Crippen molar-refractivity contribution in [3.8, 4) is 5.88 Å².